The molecule has 2 aromatic rings. The summed E-state index contributed by atoms with van der Waals surface area (Å²) < 4.78 is 4.75. The van der Waals surface area contributed by atoms with E-state index < -0.39 is 0 Å². The summed E-state index contributed by atoms with van der Waals surface area (Å²) >= 11 is 0. The number of aromatic nitrogens is 2. The minimum Gasteiger partial charge on any atom is -0.397 e. The number of benzene rings is 1. The molecule has 3 N–H and O–H groups in total. The standard InChI is InChI=1S/C14H23N5O/c1-10(2)19(3)9-5-4-8-16-12-7-6-11(15)13-14(12)18-20-17-13/h6-7,10,16H,4-5,8-9,15H2,1-3H3. The fraction of sp³-hybridized carbons (Fsp3) is 0.571. The number of rotatable bonds is 7. The summed E-state index contributed by atoms with van der Waals surface area (Å²) in [4.78, 5) is 2.35. The predicted molar refractivity (Wildman–Crippen MR) is 81.7 cm³/mol. The Morgan fingerprint density at radius 2 is 2.00 bits per heavy atom. The third-order valence-electron chi connectivity index (χ3n) is 3.58. The molecule has 1 aromatic carbocycles. The van der Waals surface area contributed by atoms with E-state index in [1.165, 1.54) is 0 Å². The van der Waals surface area contributed by atoms with Gasteiger partial charge in [-0.15, -0.1) is 0 Å². The van der Waals surface area contributed by atoms with Crippen LogP contribution in [-0.2, 0) is 0 Å². The summed E-state index contributed by atoms with van der Waals surface area (Å²) in [7, 11) is 2.16. The third-order valence-corrected chi connectivity index (χ3v) is 3.58. The normalized spacial score (nSPS) is 11.7. The van der Waals surface area contributed by atoms with Gasteiger partial charge in [-0.05, 0) is 62.7 Å². The van der Waals surface area contributed by atoms with E-state index in [-0.39, 0.29) is 0 Å². The van der Waals surface area contributed by atoms with Crippen molar-refractivity contribution in [3.63, 3.8) is 0 Å². The minimum atomic E-state index is 0.588. The zero-order valence-electron chi connectivity index (χ0n) is 12.4. The minimum absolute atomic E-state index is 0.588. The highest BCUT2D eigenvalue weighted by Gasteiger charge is 2.09. The largest absolute Gasteiger partial charge is 0.397 e. The Hall–Kier alpha value is -1.82. The molecule has 6 heteroatoms. The summed E-state index contributed by atoms with van der Waals surface area (Å²) in [5.41, 5.74) is 8.64. The Balaban J connectivity index is 1.82. The Morgan fingerprint density at radius 3 is 2.75 bits per heavy atom. The fourth-order valence-electron chi connectivity index (χ4n) is 2.00. The smallest absolute Gasteiger partial charge is 0.160 e. The zero-order valence-corrected chi connectivity index (χ0v) is 12.4. The second-order valence-electron chi connectivity index (χ2n) is 5.37. The van der Waals surface area contributed by atoms with Crippen molar-refractivity contribution in [3.05, 3.63) is 12.1 Å². The molecule has 0 aliphatic rings. The van der Waals surface area contributed by atoms with Gasteiger partial charge < -0.3 is 16.0 Å². The van der Waals surface area contributed by atoms with Crippen molar-refractivity contribution >= 4 is 22.4 Å². The van der Waals surface area contributed by atoms with Crippen LogP contribution >= 0.6 is 0 Å². The van der Waals surface area contributed by atoms with Gasteiger partial charge in [0.25, 0.3) is 0 Å². The Kier molecular flexibility index (Phi) is 4.79. The maximum Gasteiger partial charge on any atom is 0.160 e. The third kappa shape index (κ3) is 3.39. The monoisotopic (exact) mass is 277 g/mol. The van der Waals surface area contributed by atoms with Crippen molar-refractivity contribution in [1.29, 1.82) is 0 Å². The number of hydrogen-bond donors (Lipinski definition) is 2. The molecule has 1 aromatic heterocycles. The molecule has 0 unspecified atom stereocenters. The molecule has 0 saturated heterocycles. The van der Waals surface area contributed by atoms with Crippen LogP contribution in [0, 0.1) is 0 Å². The zero-order chi connectivity index (χ0) is 14.5. The van der Waals surface area contributed by atoms with Crippen LogP contribution in [0.1, 0.15) is 26.7 Å². The molecule has 1 heterocycles. The second kappa shape index (κ2) is 6.56. The summed E-state index contributed by atoms with van der Waals surface area (Å²) in [6.07, 6.45) is 2.27. The Bertz CT molecular complexity index is 551. The summed E-state index contributed by atoms with van der Waals surface area (Å²) in [5.74, 6) is 0. The van der Waals surface area contributed by atoms with E-state index in [1.807, 2.05) is 12.1 Å². The first-order valence-corrected chi connectivity index (χ1v) is 7.04. The van der Waals surface area contributed by atoms with Crippen LogP contribution in [0.3, 0.4) is 0 Å². The number of unbranched alkanes of at least 4 members (excludes halogenated alkanes) is 1. The van der Waals surface area contributed by atoms with Crippen molar-refractivity contribution in [3.8, 4) is 0 Å². The van der Waals surface area contributed by atoms with E-state index in [0.29, 0.717) is 22.8 Å². The first-order chi connectivity index (χ1) is 9.59. The molecule has 6 nitrogen and oxygen atoms in total. The molecule has 0 spiro atoms. The van der Waals surface area contributed by atoms with E-state index >= 15 is 0 Å². The molecule has 0 fully saturated rings. The van der Waals surface area contributed by atoms with Crippen molar-refractivity contribution in [1.82, 2.24) is 15.2 Å². The lowest BCUT2D eigenvalue weighted by Gasteiger charge is -2.20. The molecule has 0 aliphatic carbocycles. The fourth-order valence-corrected chi connectivity index (χ4v) is 2.00. The maximum absolute atomic E-state index is 5.81. The van der Waals surface area contributed by atoms with Crippen LogP contribution in [0.5, 0.6) is 0 Å². The number of nitrogens with zero attached hydrogens (tertiary/aromatic N) is 3. The van der Waals surface area contributed by atoms with Gasteiger partial charge in [0, 0.05) is 12.6 Å². The van der Waals surface area contributed by atoms with Gasteiger partial charge in [0.05, 0.1) is 11.4 Å². The van der Waals surface area contributed by atoms with Crippen LogP contribution in [-0.4, -0.2) is 41.4 Å². The van der Waals surface area contributed by atoms with E-state index in [0.717, 1.165) is 31.6 Å². The van der Waals surface area contributed by atoms with Crippen LogP contribution < -0.4 is 11.1 Å². The van der Waals surface area contributed by atoms with E-state index in [4.69, 9.17) is 10.4 Å². The molecule has 110 valence electrons. The number of nitrogens with two attached hydrogens (primary N) is 1. The maximum atomic E-state index is 5.81. The molecule has 20 heavy (non-hydrogen) atoms. The van der Waals surface area contributed by atoms with Crippen molar-refractivity contribution in [2.45, 2.75) is 32.7 Å². The lowest BCUT2D eigenvalue weighted by molar-refractivity contribution is 0.269. The first kappa shape index (κ1) is 14.6. The van der Waals surface area contributed by atoms with Crippen LogP contribution in [0.25, 0.3) is 11.0 Å². The van der Waals surface area contributed by atoms with E-state index in [2.05, 4.69) is 41.4 Å². The van der Waals surface area contributed by atoms with Crippen LogP contribution in [0.2, 0.25) is 0 Å². The molecule has 0 radical (unpaired) electrons. The number of hydrogen-bond acceptors (Lipinski definition) is 6. The van der Waals surface area contributed by atoms with Gasteiger partial charge in [-0.1, -0.05) is 0 Å². The predicted octanol–water partition coefficient (Wildman–Crippen LogP) is 2.34. The highest BCUT2D eigenvalue weighted by Crippen LogP contribution is 2.24. The van der Waals surface area contributed by atoms with Gasteiger partial charge in [-0.3, -0.25) is 0 Å². The van der Waals surface area contributed by atoms with Gasteiger partial charge >= 0.3 is 0 Å². The van der Waals surface area contributed by atoms with Crippen molar-refractivity contribution < 1.29 is 4.63 Å². The van der Waals surface area contributed by atoms with E-state index in [9.17, 15) is 0 Å². The van der Waals surface area contributed by atoms with E-state index in [1.54, 1.807) is 0 Å². The molecule has 0 aliphatic heterocycles. The average molecular weight is 277 g/mol. The van der Waals surface area contributed by atoms with Crippen LogP contribution in [0.15, 0.2) is 16.8 Å². The van der Waals surface area contributed by atoms with Gasteiger partial charge in [0.1, 0.15) is 0 Å². The van der Waals surface area contributed by atoms with Gasteiger partial charge in [-0.2, -0.15) is 0 Å². The Morgan fingerprint density at radius 1 is 1.25 bits per heavy atom. The van der Waals surface area contributed by atoms with Crippen LogP contribution in [0.4, 0.5) is 11.4 Å². The molecule has 0 saturated carbocycles. The molecule has 0 amide bonds. The number of anilines is 2. The van der Waals surface area contributed by atoms with Crippen molar-refractivity contribution in [2.75, 3.05) is 31.2 Å². The topological polar surface area (TPSA) is 80.2 Å². The quantitative estimate of drug-likeness (QED) is 0.597. The highest BCUT2D eigenvalue weighted by atomic mass is 16.6. The number of nitrogen functional groups attached to an aromatic ring is 1. The highest BCUT2D eigenvalue weighted by molar-refractivity contribution is 5.94. The van der Waals surface area contributed by atoms with Gasteiger partial charge in [-0.25, -0.2) is 4.63 Å². The summed E-state index contributed by atoms with van der Waals surface area (Å²) in [6, 6.07) is 4.34. The average Bonchev–Trinajstić information content (AvgIpc) is 2.90. The lowest BCUT2D eigenvalue weighted by atomic mass is 10.2. The number of nitrogens with one attached hydrogen (secondary N) is 1. The molecular weight excluding hydrogens is 254 g/mol. The van der Waals surface area contributed by atoms with Gasteiger partial charge in [0.2, 0.25) is 0 Å². The number of fused-ring (bicyclic) bond motifs is 1. The molecule has 2 rings (SSSR count). The summed E-state index contributed by atoms with van der Waals surface area (Å²) in [6.45, 7) is 6.43. The summed E-state index contributed by atoms with van der Waals surface area (Å²) in [5, 5.41) is 11.1. The molecule has 0 atom stereocenters. The van der Waals surface area contributed by atoms with Gasteiger partial charge in [0.15, 0.2) is 11.0 Å². The second-order valence-corrected chi connectivity index (χ2v) is 5.37. The first-order valence-electron chi connectivity index (χ1n) is 7.04. The molecular formula is C14H23N5O. The SMILES string of the molecule is CC(C)N(C)CCCCNc1ccc(N)c2nonc12. The van der Waals surface area contributed by atoms with Crippen molar-refractivity contribution in [2.24, 2.45) is 0 Å². The lowest BCUT2D eigenvalue weighted by Crippen LogP contribution is -2.27. The molecule has 0 bridgehead atoms. The Labute approximate surface area is 119 Å².